The van der Waals surface area contributed by atoms with Crippen molar-refractivity contribution in [3.63, 3.8) is 0 Å². The van der Waals surface area contributed by atoms with Gasteiger partial charge >= 0.3 is 0 Å². The Morgan fingerprint density at radius 1 is 1.20 bits per heavy atom. The summed E-state index contributed by atoms with van der Waals surface area (Å²) in [7, 11) is 0. The summed E-state index contributed by atoms with van der Waals surface area (Å²) in [5, 5.41) is 3.19. The molecule has 1 saturated heterocycles. The molecule has 2 aromatic rings. The third kappa shape index (κ3) is 4.16. The van der Waals surface area contributed by atoms with E-state index >= 15 is 0 Å². The van der Waals surface area contributed by atoms with Crippen LogP contribution in [-0.4, -0.2) is 33.4 Å². The number of nitrogens with one attached hydrogen (secondary N) is 1. The lowest BCUT2D eigenvalue weighted by atomic mass is 9.99. The number of carbonyl (C=O) groups excluding carboxylic acids is 1. The number of aryl methyl sites for hydroxylation is 1. The fourth-order valence-electron chi connectivity index (χ4n) is 3.33. The number of aromatic nitrogens is 2. The van der Waals surface area contributed by atoms with Crippen LogP contribution < -0.4 is 5.32 Å². The summed E-state index contributed by atoms with van der Waals surface area (Å²) in [5.41, 5.74) is 2.67. The molecule has 1 aliphatic heterocycles. The second-order valence-corrected chi connectivity index (χ2v) is 6.50. The first-order chi connectivity index (χ1) is 12.2. The van der Waals surface area contributed by atoms with Crippen LogP contribution in [0.2, 0.25) is 0 Å². The maximum absolute atomic E-state index is 12.9. The smallest absolute Gasteiger partial charge is 0.272 e. The van der Waals surface area contributed by atoms with Gasteiger partial charge in [-0.25, -0.2) is 9.97 Å². The Morgan fingerprint density at radius 2 is 2.00 bits per heavy atom. The predicted octanol–water partition coefficient (Wildman–Crippen LogP) is 4.19. The molecule has 0 saturated carbocycles. The van der Waals surface area contributed by atoms with E-state index in [0.717, 1.165) is 37.9 Å². The fraction of sp³-hybridized carbons (Fsp3) is 0.450. The number of carbonyl (C=O) groups is 1. The fourth-order valence-corrected chi connectivity index (χ4v) is 3.33. The highest BCUT2D eigenvalue weighted by Crippen LogP contribution is 2.22. The second-order valence-electron chi connectivity index (χ2n) is 6.50. The van der Waals surface area contributed by atoms with Crippen LogP contribution in [0.25, 0.3) is 0 Å². The van der Waals surface area contributed by atoms with Crippen LogP contribution in [0, 0.1) is 0 Å². The number of rotatable bonds is 5. The van der Waals surface area contributed by atoms with E-state index in [9.17, 15) is 4.79 Å². The van der Waals surface area contributed by atoms with Crippen molar-refractivity contribution in [1.29, 1.82) is 0 Å². The Morgan fingerprint density at radius 3 is 2.72 bits per heavy atom. The van der Waals surface area contributed by atoms with Crippen LogP contribution in [-0.2, 0) is 6.42 Å². The van der Waals surface area contributed by atoms with Gasteiger partial charge in [0.1, 0.15) is 5.69 Å². The molecule has 1 aromatic carbocycles. The normalized spacial score (nSPS) is 17.4. The summed E-state index contributed by atoms with van der Waals surface area (Å²) < 4.78 is 0. The SMILES string of the molecule is CCc1ccc(Nc2nccc(C(=O)N3CCCCC3CC)n2)cc1. The van der Waals surface area contributed by atoms with Crippen molar-refractivity contribution >= 4 is 17.5 Å². The van der Waals surface area contributed by atoms with E-state index in [4.69, 9.17) is 0 Å². The number of piperidine rings is 1. The Kier molecular flexibility index (Phi) is 5.64. The van der Waals surface area contributed by atoms with Crippen LogP contribution in [0.5, 0.6) is 0 Å². The Labute approximate surface area is 149 Å². The lowest BCUT2D eigenvalue weighted by molar-refractivity contribution is 0.0602. The maximum atomic E-state index is 12.9. The second kappa shape index (κ2) is 8.10. The van der Waals surface area contributed by atoms with Crippen molar-refractivity contribution in [2.45, 2.75) is 52.0 Å². The van der Waals surface area contributed by atoms with Crippen molar-refractivity contribution < 1.29 is 4.79 Å². The molecule has 1 fully saturated rings. The number of likely N-dealkylation sites (tertiary alicyclic amines) is 1. The molecule has 3 rings (SSSR count). The van der Waals surface area contributed by atoms with Crippen LogP contribution in [0.1, 0.15) is 55.6 Å². The Balaban J connectivity index is 1.74. The van der Waals surface area contributed by atoms with Gasteiger partial charge in [-0.05, 0) is 55.9 Å². The molecule has 0 aliphatic carbocycles. The van der Waals surface area contributed by atoms with Crippen LogP contribution in [0.4, 0.5) is 11.6 Å². The molecular formula is C20H26N4O. The molecule has 0 spiro atoms. The molecule has 1 N–H and O–H groups in total. The maximum Gasteiger partial charge on any atom is 0.272 e. The number of hydrogen-bond donors (Lipinski definition) is 1. The lowest BCUT2D eigenvalue weighted by Gasteiger charge is -2.35. The molecule has 5 nitrogen and oxygen atoms in total. The summed E-state index contributed by atoms with van der Waals surface area (Å²) in [6.45, 7) is 5.09. The highest BCUT2D eigenvalue weighted by Gasteiger charge is 2.27. The predicted molar refractivity (Wildman–Crippen MR) is 100 cm³/mol. The zero-order chi connectivity index (χ0) is 17.6. The van der Waals surface area contributed by atoms with Crippen LogP contribution in [0.15, 0.2) is 36.5 Å². The summed E-state index contributed by atoms with van der Waals surface area (Å²) >= 11 is 0. The minimum atomic E-state index is 0.0123. The van der Waals surface area contributed by atoms with Gasteiger partial charge in [-0.3, -0.25) is 4.79 Å². The van der Waals surface area contributed by atoms with Gasteiger partial charge in [-0.15, -0.1) is 0 Å². The van der Waals surface area contributed by atoms with Gasteiger partial charge in [0, 0.05) is 24.5 Å². The van der Waals surface area contributed by atoms with Crippen LogP contribution in [0.3, 0.4) is 0 Å². The van der Waals surface area contributed by atoms with Crippen LogP contribution >= 0.6 is 0 Å². The quantitative estimate of drug-likeness (QED) is 0.888. The number of benzene rings is 1. The van der Waals surface area contributed by atoms with Gasteiger partial charge in [0.2, 0.25) is 5.95 Å². The van der Waals surface area contributed by atoms with Gasteiger partial charge in [-0.1, -0.05) is 26.0 Å². The Hall–Kier alpha value is -2.43. The zero-order valence-electron chi connectivity index (χ0n) is 15.0. The number of amides is 1. The molecule has 2 heterocycles. The Bertz CT molecular complexity index is 714. The largest absolute Gasteiger partial charge is 0.334 e. The summed E-state index contributed by atoms with van der Waals surface area (Å²) in [5.74, 6) is 0.471. The zero-order valence-corrected chi connectivity index (χ0v) is 15.0. The van der Waals surface area contributed by atoms with Gasteiger partial charge in [0.05, 0.1) is 0 Å². The third-order valence-electron chi connectivity index (χ3n) is 4.85. The van der Waals surface area contributed by atoms with Crippen molar-refractivity contribution in [3.8, 4) is 0 Å². The molecule has 132 valence electrons. The van der Waals surface area contributed by atoms with Crippen molar-refractivity contribution in [3.05, 3.63) is 47.8 Å². The standard InChI is InChI=1S/C20H26N4O/c1-3-15-8-10-16(11-9-15)22-20-21-13-12-18(23-20)19(25)24-14-6-5-7-17(24)4-2/h8-13,17H,3-7,14H2,1-2H3,(H,21,22,23). The first kappa shape index (κ1) is 17.4. The topological polar surface area (TPSA) is 58.1 Å². The molecule has 1 unspecified atom stereocenters. The van der Waals surface area contributed by atoms with Crippen molar-refractivity contribution in [1.82, 2.24) is 14.9 Å². The minimum Gasteiger partial charge on any atom is -0.334 e. The van der Waals surface area contributed by atoms with Gasteiger partial charge in [0.15, 0.2) is 0 Å². The molecular weight excluding hydrogens is 312 g/mol. The van der Waals surface area contributed by atoms with E-state index < -0.39 is 0 Å². The van der Waals surface area contributed by atoms with E-state index in [2.05, 4.69) is 41.3 Å². The van der Waals surface area contributed by atoms with E-state index in [1.54, 1.807) is 12.3 Å². The molecule has 5 heteroatoms. The first-order valence-corrected chi connectivity index (χ1v) is 9.21. The van der Waals surface area contributed by atoms with Gasteiger partial charge in [-0.2, -0.15) is 0 Å². The molecule has 25 heavy (non-hydrogen) atoms. The average molecular weight is 338 g/mol. The summed E-state index contributed by atoms with van der Waals surface area (Å²) in [6.07, 6.45) is 7.01. The summed E-state index contributed by atoms with van der Waals surface area (Å²) in [6, 6.07) is 10.2. The third-order valence-corrected chi connectivity index (χ3v) is 4.85. The molecule has 1 amide bonds. The van der Waals surface area contributed by atoms with Gasteiger partial charge < -0.3 is 10.2 Å². The first-order valence-electron chi connectivity index (χ1n) is 9.21. The monoisotopic (exact) mass is 338 g/mol. The average Bonchev–Trinajstić information content (AvgIpc) is 2.68. The van der Waals surface area contributed by atoms with Gasteiger partial charge in [0.25, 0.3) is 5.91 Å². The van der Waals surface area contributed by atoms with E-state index in [-0.39, 0.29) is 5.91 Å². The van der Waals surface area contributed by atoms with E-state index in [0.29, 0.717) is 17.7 Å². The molecule has 1 atom stereocenters. The van der Waals surface area contributed by atoms with E-state index in [1.165, 1.54) is 12.0 Å². The molecule has 0 radical (unpaired) electrons. The van der Waals surface area contributed by atoms with E-state index in [1.807, 2.05) is 17.0 Å². The minimum absolute atomic E-state index is 0.0123. The van der Waals surface area contributed by atoms with Crippen molar-refractivity contribution in [2.24, 2.45) is 0 Å². The molecule has 1 aromatic heterocycles. The number of nitrogens with zero attached hydrogens (tertiary/aromatic N) is 3. The molecule has 1 aliphatic rings. The number of hydrogen-bond acceptors (Lipinski definition) is 4. The summed E-state index contributed by atoms with van der Waals surface area (Å²) in [4.78, 5) is 23.5. The highest BCUT2D eigenvalue weighted by molar-refractivity contribution is 5.92. The molecule has 0 bridgehead atoms. The lowest BCUT2D eigenvalue weighted by Crippen LogP contribution is -2.43. The van der Waals surface area contributed by atoms with Crippen molar-refractivity contribution in [2.75, 3.05) is 11.9 Å². The highest BCUT2D eigenvalue weighted by atomic mass is 16.2. The number of anilines is 2.